The molecule has 6 heteroatoms. The van der Waals surface area contributed by atoms with Crippen LogP contribution in [-0.2, 0) is 22.4 Å². The van der Waals surface area contributed by atoms with Gasteiger partial charge in [-0.2, -0.15) is 0 Å². The first-order chi connectivity index (χ1) is 15.8. The molecule has 2 amide bonds. The SMILES string of the molecule is CC(=O)N1CCC(Cc2ccc(F)cc2)(C(=O)N2CCCC(Cc3cccc(C)n3)C2)CC1. The fraction of sp³-hybridized carbons (Fsp3) is 0.519. The molecule has 2 aromatic rings. The maximum absolute atomic E-state index is 14.0. The first-order valence-corrected chi connectivity index (χ1v) is 12.1. The number of nitrogens with zero attached hydrogens (tertiary/aromatic N) is 3. The van der Waals surface area contributed by atoms with Crippen LogP contribution in [0.1, 0.15) is 49.6 Å². The number of halogens is 1. The van der Waals surface area contributed by atoms with E-state index in [9.17, 15) is 14.0 Å². The van der Waals surface area contributed by atoms with Crippen LogP contribution < -0.4 is 0 Å². The Labute approximate surface area is 196 Å². The Morgan fingerprint density at radius 1 is 1.06 bits per heavy atom. The van der Waals surface area contributed by atoms with Crippen LogP contribution in [0.15, 0.2) is 42.5 Å². The van der Waals surface area contributed by atoms with Gasteiger partial charge in [0, 0.05) is 44.5 Å². The lowest BCUT2D eigenvalue weighted by atomic mass is 9.72. The second kappa shape index (κ2) is 10.0. The van der Waals surface area contributed by atoms with E-state index in [1.54, 1.807) is 19.1 Å². The summed E-state index contributed by atoms with van der Waals surface area (Å²) in [6, 6.07) is 12.6. The minimum absolute atomic E-state index is 0.0570. The number of carbonyl (C=O) groups is 2. The van der Waals surface area contributed by atoms with E-state index in [1.807, 2.05) is 24.0 Å². The van der Waals surface area contributed by atoms with Crippen LogP contribution in [0.5, 0.6) is 0 Å². The monoisotopic (exact) mass is 451 g/mol. The number of aryl methyl sites for hydroxylation is 1. The third-order valence-corrected chi connectivity index (χ3v) is 7.33. The van der Waals surface area contributed by atoms with Gasteiger partial charge in [0.1, 0.15) is 5.82 Å². The molecule has 4 rings (SSSR count). The van der Waals surface area contributed by atoms with E-state index in [-0.39, 0.29) is 17.6 Å². The maximum atomic E-state index is 14.0. The number of benzene rings is 1. The van der Waals surface area contributed by atoms with Crippen molar-refractivity contribution in [1.82, 2.24) is 14.8 Å². The second-order valence-electron chi connectivity index (χ2n) is 9.82. The zero-order chi connectivity index (χ0) is 23.4. The quantitative estimate of drug-likeness (QED) is 0.685. The van der Waals surface area contributed by atoms with Crippen LogP contribution in [0.4, 0.5) is 4.39 Å². The van der Waals surface area contributed by atoms with Crippen molar-refractivity contribution in [3.05, 3.63) is 65.2 Å². The minimum atomic E-state index is -0.548. The van der Waals surface area contributed by atoms with Gasteiger partial charge in [-0.3, -0.25) is 14.6 Å². The number of amides is 2. The van der Waals surface area contributed by atoms with Crippen molar-refractivity contribution in [3.63, 3.8) is 0 Å². The molecule has 1 atom stereocenters. The van der Waals surface area contributed by atoms with E-state index >= 15 is 0 Å². The highest BCUT2D eigenvalue weighted by atomic mass is 19.1. The molecule has 176 valence electrons. The van der Waals surface area contributed by atoms with E-state index in [2.05, 4.69) is 16.0 Å². The van der Waals surface area contributed by atoms with Crippen LogP contribution in [0.2, 0.25) is 0 Å². The molecule has 5 nitrogen and oxygen atoms in total. The molecule has 2 fully saturated rings. The molecule has 0 aliphatic carbocycles. The van der Waals surface area contributed by atoms with Gasteiger partial charge in [0.2, 0.25) is 11.8 Å². The first kappa shape index (κ1) is 23.4. The molecule has 1 aromatic carbocycles. The molecular formula is C27H34FN3O2. The van der Waals surface area contributed by atoms with Crippen molar-refractivity contribution in [2.24, 2.45) is 11.3 Å². The normalized spacial score (nSPS) is 20.5. The molecule has 0 saturated carbocycles. The Morgan fingerprint density at radius 3 is 2.45 bits per heavy atom. The van der Waals surface area contributed by atoms with E-state index in [4.69, 9.17) is 0 Å². The topological polar surface area (TPSA) is 53.5 Å². The van der Waals surface area contributed by atoms with Crippen LogP contribution >= 0.6 is 0 Å². The lowest BCUT2D eigenvalue weighted by molar-refractivity contribution is -0.149. The summed E-state index contributed by atoms with van der Waals surface area (Å²) in [6.45, 7) is 6.30. The number of rotatable bonds is 5. The van der Waals surface area contributed by atoms with Crippen molar-refractivity contribution in [2.45, 2.75) is 52.4 Å². The zero-order valence-electron chi connectivity index (χ0n) is 19.7. The number of aromatic nitrogens is 1. The number of pyridine rings is 1. The van der Waals surface area contributed by atoms with Gasteiger partial charge < -0.3 is 9.80 Å². The zero-order valence-corrected chi connectivity index (χ0v) is 19.7. The Balaban J connectivity index is 1.51. The summed E-state index contributed by atoms with van der Waals surface area (Å²) in [5.41, 5.74) is 2.53. The van der Waals surface area contributed by atoms with Gasteiger partial charge in [-0.15, -0.1) is 0 Å². The first-order valence-electron chi connectivity index (χ1n) is 12.1. The molecule has 2 saturated heterocycles. The highest BCUT2D eigenvalue weighted by Gasteiger charge is 2.44. The standard InChI is InChI=1S/C27H34FN3O2/c1-20-5-3-7-25(29-20)17-23-6-4-14-31(19-23)26(33)27(12-15-30(16-13-27)21(2)32)18-22-8-10-24(28)11-9-22/h3,5,7-11,23H,4,6,12-19H2,1-2H3. The van der Waals surface area contributed by atoms with Gasteiger partial charge >= 0.3 is 0 Å². The van der Waals surface area contributed by atoms with E-state index < -0.39 is 5.41 Å². The van der Waals surface area contributed by atoms with Crippen molar-refractivity contribution < 1.29 is 14.0 Å². The van der Waals surface area contributed by atoms with E-state index in [0.717, 1.165) is 49.3 Å². The Hall–Kier alpha value is -2.76. The third-order valence-electron chi connectivity index (χ3n) is 7.33. The lowest BCUT2D eigenvalue weighted by Gasteiger charge is -2.45. The van der Waals surface area contributed by atoms with Gasteiger partial charge in [0.05, 0.1) is 5.41 Å². The van der Waals surface area contributed by atoms with Crippen LogP contribution in [0.25, 0.3) is 0 Å². The van der Waals surface area contributed by atoms with Gasteiger partial charge in [-0.1, -0.05) is 18.2 Å². The Bertz CT molecular complexity index is 983. The second-order valence-corrected chi connectivity index (χ2v) is 9.82. The van der Waals surface area contributed by atoms with Crippen LogP contribution in [0.3, 0.4) is 0 Å². The van der Waals surface area contributed by atoms with Gasteiger partial charge in [-0.05, 0) is 81.2 Å². The number of likely N-dealkylation sites (tertiary alicyclic amines) is 2. The van der Waals surface area contributed by atoms with Crippen LogP contribution in [0, 0.1) is 24.1 Å². The minimum Gasteiger partial charge on any atom is -0.343 e. The van der Waals surface area contributed by atoms with Crippen molar-refractivity contribution >= 4 is 11.8 Å². The fourth-order valence-corrected chi connectivity index (χ4v) is 5.47. The fourth-order valence-electron chi connectivity index (χ4n) is 5.47. The van der Waals surface area contributed by atoms with E-state index in [1.165, 1.54) is 12.1 Å². The molecule has 0 spiro atoms. The molecule has 2 aliphatic heterocycles. The third kappa shape index (κ3) is 5.60. The lowest BCUT2D eigenvalue weighted by Crippen LogP contribution is -2.54. The average Bonchev–Trinajstić information content (AvgIpc) is 2.80. The van der Waals surface area contributed by atoms with E-state index in [0.29, 0.717) is 38.3 Å². The Kier molecular flexibility index (Phi) is 7.11. The highest BCUT2D eigenvalue weighted by molar-refractivity contribution is 5.84. The highest BCUT2D eigenvalue weighted by Crippen LogP contribution is 2.38. The number of hydrogen-bond donors (Lipinski definition) is 0. The summed E-state index contributed by atoms with van der Waals surface area (Å²) in [5, 5.41) is 0. The maximum Gasteiger partial charge on any atom is 0.229 e. The number of carbonyl (C=O) groups excluding carboxylic acids is 2. The molecule has 1 aromatic heterocycles. The molecular weight excluding hydrogens is 417 g/mol. The predicted octanol–water partition coefficient (Wildman–Crippen LogP) is 4.18. The van der Waals surface area contributed by atoms with Gasteiger partial charge in [-0.25, -0.2) is 4.39 Å². The summed E-state index contributed by atoms with van der Waals surface area (Å²) in [6.07, 6.45) is 4.84. The molecule has 0 bridgehead atoms. The van der Waals surface area contributed by atoms with Crippen LogP contribution in [-0.4, -0.2) is 52.8 Å². The molecule has 1 unspecified atom stereocenters. The smallest absolute Gasteiger partial charge is 0.229 e. The molecule has 33 heavy (non-hydrogen) atoms. The number of hydrogen-bond acceptors (Lipinski definition) is 3. The summed E-state index contributed by atoms with van der Waals surface area (Å²) in [5.74, 6) is 0.379. The summed E-state index contributed by atoms with van der Waals surface area (Å²) >= 11 is 0. The molecule has 0 radical (unpaired) electrons. The molecule has 3 heterocycles. The Morgan fingerprint density at radius 2 is 1.79 bits per heavy atom. The van der Waals surface area contributed by atoms with Gasteiger partial charge in [0.15, 0.2) is 0 Å². The summed E-state index contributed by atoms with van der Waals surface area (Å²) in [4.78, 5) is 34.4. The molecule has 2 aliphatic rings. The van der Waals surface area contributed by atoms with Crippen molar-refractivity contribution in [1.29, 1.82) is 0 Å². The summed E-state index contributed by atoms with van der Waals surface area (Å²) in [7, 11) is 0. The van der Waals surface area contributed by atoms with Crippen molar-refractivity contribution in [2.75, 3.05) is 26.2 Å². The summed E-state index contributed by atoms with van der Waals surface area (Å²) < 4.78 is 13.5. The number of piperidine rings is 2. The molecule has 0 N–H and O–H groups in total. The largest absolute Gasteiger partial charge is 0.343 e. The van der Waals surface area contributed by atoms with Crippen molar-refractivity contribution in [3.8, 4) is 0 Å². The average molecular weight is 452 g/mol. The van der Waals surface area contributed by atoms with Gasteiger partial charge in [0.25, 0.3) is 0 Å². The predicted molar refractivity (Wildman–Crippen MR) is 126 cm³/mol.